The van der Waals surface area contributed by atoms with Gasteiger partial charge in [-0.25, -0.2) is 0 Å². The average Bonchev–Trinajstić information content (AvgIpc) is 3.03. The van der Waals surface area contributed by atoms with Crippen LogP contribution in [0.25, 0.3) is 0 Å². The average molecular weight is 383 g/mol. The van der Waals surface area contributed by atoms with E-state index in [1.165, 1.54) is 16.7 Å². The zero-order chi connectivity index (χ0) is 20.5. The molecule has 28 heavy (non-hydrogen) atoms. The molecule has 0 aromatic heterocycles. The first kappa shape index (κ1) is 20.9. The summed E-state index contributed by atoms with van der Waals surface area (Å²) in [6, 6.07) is 0. The number of carbonyl (C=O) groups is 1. The monoisotopic (exact) mass is 382 g/mol. The quantitative estimate of drug-likeness (QED) is 0.524. The second-order valence-electron chi connectivity index (χ2n) is 8.99. The third-order valence-electron chi connectivity index (χ3n) is 6.76. The van der Waals surface area contributed by atoms with Crippen LogP contribution in [0.4, 0.5) is 0 Å². The summed E-state index contributed by atoms with van der Waals surface area (Å²) in [5, 5.41) is 0. The number of allylic oxidation sites excluding steroid dienone is 7. The van der Waals surface area contributed by atoms with Crippen molar-refractivity contribution in [3.8, 4) is 0 Å². The molecule has 3 aliphatic rings. The SMILES string of the molecule is C=CC[C@@]12C(=O)C=C3OCO[C@]3(CC=C(C)C)[C@@H]1CC=C(C)[C@@H]2CC=C(C)C. The van der Waals surface area contributed by atoms with Crippen molar-refractivity contribution < 1.29 is 14.3 Å². The van der Waals surface area contributed by atoms with Crippen molar-refractivity contribution in [3.63, 3.8) is 0 Å². The van der Waals surface area contributed by atoms with E-state index in [0.717, 1.165) is 19.3 Å². The van der Waals surface area contributed by atoms with Gasteiger partial charge in [0, 0.05) is 23.8 Å². The minimum atomic E-state index is -0.561. The highest BCUT2D eigenvalue weighted by Crippen LogP contribution is 2.61. The Kier molecular flexibility index (Phi) is 5.86. The molecule has 0 unspecified atom stereocenters. The Labute approximate surface area is 169 Å². The van der Waals surface area contributed by atoms with E-state index in [1.807, 2.05) is 6.08 Å². The lowest BCUT2D eigenvalue weighted by Gasteiger charge is -2.55. The maximum atomic E-state index is 13.6. The van der Waals surface area contributed by atoms with E-state index < -0.39 is 11.0 Å². The van der Waals surface area contributed by atoms with Crippen LogP contribution in [-0.4, -0.2) is 18.2 Å². The van der Waals surface area contributed by atoms with Crippen LogP contribution in [0, 0.1) is 17.3 Å². The van der Waals surface area contributed by atoms with Gasteiger partial charge in [0.1, 0.15) is 11.4 Å². The van der Waals surface area contributed by atoms with Gasteiger partial charge in [-0.1, -0.05) is 41.0 Å². The van der Waals surface area contributed by atoms with Crippen LogP contribution in [0.5, 0.6) is 0 Å². The number of fused-ring (bicyclic) bond motifs is 3. The smallest absolute Gasteiger partial charge is 0.189 e. The molecule has 2 aliphatic carbocycles. The molecule has 0 N–H and O–H groups in total. The summed E-state index contributed by atoms with van der Waals surface area (Å²) in [4.78, 5) is 13.6. The molecule has 1 heterocycles. The van der Waals surface area contributed by atoms with Gasteiger partial charge in [0.15, 0.2) is 12.6 Å². The number of ether oxygens (including phenoxy) is 2. The molecule has 152 valence electrons. The number of ketones is 1. The molecule has 0 aromatic rings. The summed E-state index contributed by atoms with van der Waals surface area (Å²) >= 11 is 0. The Bertz CT molecular complexity index is 774. The molecule has 4 atom stereocenters. The summed E-state index contributed by atoms with van der Waals surface area (Å²) < 4.78 is 12.2. The molecule has 0 spiro atoms. The van der Waals surface area contributed by atoms with Crippen LogP contribution in [0.3, 0.4) is 0 Å². The third kappa shape index (κ3) is 3.24. The van der Waals surface area contributed by atoms with Gasteiger partial charge in [0.25, 0.3) is 0 Å². The number of hydrogen-bond donors (Lipinski definition) is 0. The van der Waals surface area contributed by atoms with Crippen LogP contribution in [0.15, 0.2) is 59.4 Å². The highest BCUT2D eigenvalue weighted by atomic mass is 16.7. The van der Waals surface area contributed by atoms with Gasteiger partial charge in [-0.3, -0.25) is 4.79 Å². The van der Waals surface area contributed by atoms with Crippen LogP contribution < -0.4 is 0 Å². The summed E-state index contributed by atoms with van der Waals surface area (Å²) in [5.74, 6) is 1.08. The first-order valence-corrected chi connectivity index (χ1v) is 10.4. The van der Waals surface area contributed by atoms with Crippen LogP contribution >= 0.6 is 0 Å². The number of hydrogen-bond acceptors (Lipinski definition) is 3. The lowest BCUT2D eigenvalue weighted by Crippen LogP contribution is -2.59. The van der Waals surface area contributed by atoms with Crippen molar-refractivity contribution >= 4 is 5.78 Å². The number of carbonyl (C=O) groups excluding carboxylic acids is 1. The van der Waals surface area contributed by atoms with E-state index in [-0.39, 0.29) is 24.4 Å². The van der Waals surface area contributed by atoms with E-state index in [1.54, 1.807) is 6.08 Å². The maximum Gasteiger partial charge on any atom is 0.189 e. The second kappa shape index (κ2) is 7.87. The summed E-state index contributed by atoms with van der Waals surface area (Å²) in [6.45, 7) is 14.8. The van der Waals surface area contributed by atoms with Gasteiger partial charge >= 0.3 is 0 Å². The van der Waals surface area contributed by atoms with Crippen molar-refractivity contribution in [2.45, 2.75) is 65.9 Å². The lowest BCUT2D eigenvalue weighted by molar-refractivity contribution is -0.146. The molecule has 1 saturated heterocycles. The first-order chi connectivity index (χ1) is 13.3. The Morgan fingerprint density at radius 2 is 1.93 bits per heavy atom. The molecule has 0 saturated carbocycles. The summed E-state index contributed by atoms with van der Waals surface area (Å²) in [6.07, 6.45) is 13.5. The fourth-order valence-corrected chi connectivity index (χ4v) is 5.37. The van der Waals surface area contributed by atoms with Gasteiger partial charge in [0.05, 0.1) is 0 Å². The van der Waals surface area contributed by atoms with Gasteiger partial charge < -0.3 is 9.47 Å². The molecule has 0 bridgehead atoms. The lowest BCUT2D eigenvalue weighted by atomic mass is 9.49. The molecule has 3 heteroatoms. The molecule has 0 radical (unpaired) electrons. The van der Waals surface area contributed by atoms with Gasteiger partial charge in [0.2, 0.25) is 0 Å². The van der Waals surface area contributed by atoms with Crippen molar-refractivity contribution in [2.75, 3.05) is 6.79 Å². The zero-order valence-corrected chi connectivity index (χ0v) is 18.0. The van der Waals surface area contributed by atoms with E-state index in [9.17, 15) is 4.79 Å². The Morgan fingerprint density at radius 1 is 1.21 bits per heavy atom. The molecule has 3 nitrogen and oxygen atoms in total. The van der Waals surface area contributed by atoms with Gasteiger partial charge in [-0.15, -0.1) is 6.58 Å². The fraction of sp³-hybridized carbons (Fsp3) is 0.560. The van der Waals surface area contributed by atoms with Crippen LogP contribution in [-0.2, 0) is 14.3 Å². The molecular weight excluding hydrogens is 348 g/mol. The zero-order valence-electron chi connectivity index (χ0n) is 18.0. The molecular formula is C25H34O3. The topological polar surface area (TPSA) is 35.5 Å². The minimum Gasteiger partial charge on any atom is -0.469 e. The highest BCUT2D eigenvalue weighted by Gasteiger charge is 2.64. The third-order valence-corrected chi connectivity index (χ3v) is 6.76. The van der Waals surface area contributed by atoms with Crippen molar-refractivity contribution in [3.05, 3.63) is 59.4 Å². The summed E-state index contributed by atoms with van der Waals surface area (Å²) in [7, 11) is 0. The van der Waals surface area contributed by atoms with Crippen LogP contribution in [0.1, 0.15) is 60.3 Å². The van der Waals surface area contributed by atoms with Crippen molar-refractivity contribution in [2.24, 2.45) is 17.3 Å². The minimum absolute atomic E-state index is 0.0443. The van der Waals surface area contributed by atoms with Crippen LogP contribution in [0.2, 0.25) is 0 Å². The second-order valence-corrected chi connectivity index (χ2v) is 8.99. The Balaban J connectivity index is 2.18. The highest BCUT2D eigenvalue weighted by molar-refractivity contribution is 5.98. The first-order valence-electron chi connectivity index (χ1n) is 10.4. The van der Waals surface area contributed by atoms with E-state index >= 15 is 0 Å². The summed E-state index contributed by atoms with van der Waals surface area (Å²) in [5.41, 5.74) is 2.74. The molecule has 1 fully saturated rings. The molecule has 3 rings (SSSR count). The largest absolute Gasteiger partial charge is 0.469 e. The normalized spacial score (nSPS) is 33.7. The predicted octanol–water partition coefficient (Wildman–Crippen LogP) is 6.05. The fourth-order valence-electron chi connectivity index (χ4n) is 5.37. The molecule has 0 amide bonds. The maximum absolute atomic E-state index is 13.6. The van der Waals surface area contributed by atoms with Gasteiger partial charge in [-0.05, 0) is 59.8 Å². The molecule has 1 aliphatic heterocycles. The van der Waals surface area contributed by atoms with Crippen molar-refractivity contribution in [1.82, 2.24) is 0 Å². The Hall–Kier alpha value is -1.87. The predicted molar refractivity (Wildman–Crippen MR) is 114 cm³/mol. The standard InChI is InChI=1S/C25H34O3/c1-7-13-24-20(10-8-17(2)3)19(6)9-11-21(24)25(14-12-18(4)5)23(15-22(24)26)27-16-28-25/h7-9,12,15,20-21H,1,10-11,13-14,16H2,2-6H3/t20-,21+,24-,25+/m0/s1. The van der Waals surface area contributed by atoms with E-state index in [2.05, 4.69) is 59.4 Å². The number of rotatable bonds is 6. The Morgan fingerprint density at radius 3 is 2.57 bits per heavy atom. The molecule has 0 aromatic carbocycles. The van der Waals surface area contributed by atoms with E-state index in [4.69, 9.17) is 9.47 Å². The van der Waals surface area contributed by atoms with Gasteiger partial charge in [-0.2, -0.15) is 0 Å². The van der Waals surface area contributed by atoms with E-state index in [0.29, 0.717) is 12.2 Å². The van der Waals surface area contributed by atoms with Crippen molar-refractivity contribution in [1.29, 1.82) is 0 Å².